The van der Waals surface area contributed by atoms with Gasteiger partial charge in [-0.3, -0.25) is 9.59 Å². The third-order valence-electron chi connectivity index (χ3n) is 5.57. The van der Waals surface area contributed by atoms with Crippen LogP contribution in [0.1, 0.15) is 25.3 Å². The molecule has 7 heteroatoms. The van der Waals surface area contributed by atoms with Gasteiger partial charge in [0.05, 0.1) is 18.2 Å². The normalized spacial score (nSPS) is 36.6. The summed E-state index contributed by atoms with van der Waals surface area (Å²) in [5.74, 6) is -1.37. The average molecular weight is 373 g/mol. The molecule has 27 heavy (non-hydrogen) atoms. The summed E-state index contributed by atoms with van der Waals surface area (Å²) in [6.45, 7) is 2.06. The van der Waals surface area contributed by atoms with Crippen LogP contribution in [-0.4, -0.2) is 52.9 Å². The predicted molar refractivity (Wildman–Crippen MR) is 95.3 cm³/mol. The summed E-state index contributed by atoms with van der Waals surface area (Å²) >= 11 is 0. The van der Waals surface area contributed by atoms with Crippen molar-refractivity contribution in [3.8, 4) is 5.75 Å². The Morgan fingerprint density at radius 1 is 1.11 bits per heavy atom. The average Bonchev–Trinajstić information content (AvgIpc) is 3.35. The third kappa shape index (κ3) is 3.57. The molecular formula is C20H23NO6. The fourth-order valence-corrected chi connectivity index (χ4v) is 3.68. The van der Waals surface area contributed by atoms with Gasteiger partial charge in [-0.15, -0.1) is 0 Å². The van der Waals surface area contributed by atoms with Crippen molar-refractivity contribution in [2.75, 3.05) is 6.61 Å². The molecule has 1 aromatic carbocycles. The number of fused-ring (bicyclic) bond motifs is 7. The number of ketones is 1. The molecule has 4 aliphatic rings. The van der Waals surface area contributed by atoms with Gasteiger partial charge in [0.1, 0.15) is 29.8 Å². The van der Waals surface area contributed by atoms with E-state index >= 15 is 0 Å². The van der Waals surface area contributed by atoms with Crippen LogP contribution in [0, 0.1) is 5.92 Å². The summed E-state index contributed by atoms with van der Waals surface area (Å²) in [6, 6.07) is 6.64. The largest absolute Gasteiger partial charge is 0.511 e. The van der Waals surface area contributed by atoms with Gasteiger partial charge in [-0.05, 0) is 30.5 Å². The zero-order valence-corrected chi connectivity index (χ0v) is 15.1. The Morgan fingerprint density at radius 2 is 1.85 bits per heavy atom. The zero-order valence-electron chi connectivity index (χ0n) is 15.1. The van der Waals surface area contributed by atoms with E-state index in [1.165, 1.54) is 0 Å². The first kappa shape index (κ1) is 18.0. The minimum Gasteiger partial charge on any atom is -0.511 e. The van der Waals surface area contributed by atoms with E-state index in [-0.39, 0.29) is 23.5 Å². The number of amides is 1. The SMILES string of the molecule is C[C@@H]1/C(O)=C2/C(=O)N[C@H](Cc3ccc(cc3)OC[C@H]3O[C@@H]3CCC1O)C2=O. The van der Waals surface area contributed by atoms with Gasteiger partial charge in [-0.2, -0.15) is 0 Å². The summed E-state index contributed by atoms with van der Waals surface area (Å²) in [4.78, 5) is 24.9. The zero-order chi connectivity index (χ0) is 19.1. The molecular weight excluding hydrogens is 350 g/mol. The van der Waals surface area contributed by atoms with Crippen molar-refractivity contribution in [2.45, 2.75) is 50.5 Å². The molecule has 4 heterocycles. The first-order valence-corrected chi connectivity index (χ1v) is 9.27. The van der Waals surface area contributed by atoms with Crippen molar-refractivity contribution in [3.63, 3.8) is 0 Å². The number of benzene rings is 1. The molecule has 0 spiro atoms. The Kier molecular flexibility index (Phi) is 4.65. The number of carbonyl (C=O) groups is 2. The minimum atomic E-state index is -0.873. The summed E-state index contributed by atoms with van der Waals surface area (Å²) in [5, 5.41) is 23.5. The van der Waals surface area contributed by atoms with Crippen LogP contribution in [-0.2, 0) is 20.7 Å². The Bertz CT molecular complexity index is 786. The highest BCUT2D eigenvalue weighted by Gasteiger charge is 2.42. The quantitative estimate of drug-likeness (QED) is 0.463. The van der Waals surface area contributed by atoms with Gasteiger partial charge in [0, 0.05) is 12.3 Å². The monoisotopic (exact) mass is 373 g/mol. The van der Waals surface area contributed by atoms with E-state index in [4.69, 9.17) is 9.47 Å². The number of nitrogens with one attached hydrogen (secondary N) is 1. The van der Waals surface area contributed by atoms with Crippen molar-refractivity contribution in [3.05, 3.63) is 41.2 Å². The Hall–Kier alpha value is -2.38. The molecule has 2 fully saturated rings. The van der Waals surface area contributed by atoms with Crippen molar-refractivity contribution in [1.82, 2.24) is 5.32 Å². The van der Waals surface area contributed by atoms with Gasteiger partial charge in [-0.25, -0.2) is 0 Å². The molecule has 2 saturated heterocycles. The number of rotatable bonds is 0. The van der Waals surface area contributed by atoms with Gasteiger partial charge in [-0.1, -0.05) is 19.1 Å². The van der Waals surface area contributed by atoms with E-state index < -0.39 is 29.8 Å². The van der Waals surface area contributed by atoms with Gasteiger partial charge in [0.2, 0.25) is 0 Å². The summed E-state index contributed by atoms with van der Waals surface area (Å²) in [5.41, 5.74) is 0.635. The summed E-state index contributed by atoms with van der Waals surface area (Å²) in [7, 11) is 0. The molecule has 1 aromatic rings. The van der Waals surface area contributed by atoms with E-state index in [2.05, 4.69) is 5.32 Å². The highest BCUT2D eigenvalue weighted by atomic mass is 16.6. The van der Waals surface area contributed by atoms with Crippen LogP contribution in [0.5, 0.6) is 5.75 Å². The number of aliphatic hydroxyl groups excluding tert-OH is 2. The lowest BCUT2D eigenvalue weighted by atomic mass is 9.92. The highest BCUT2D eigenvalue weighted by Crippen LogP contribution is 2.31. The van der Waals surface area contributed by atoms with Crippen LogP contribution < -0.4 is 10.1 Å². The Morgan fingerprint density at radius 3 is 2.59 bits per heavy atom. The Balaban J connectivity index is 1.63. The standard InChI is InChI=1S/C20H23NO6/c1-10-14(22)6-7-15-16(27-15)9-26-12-4-2-11(3-5-12)8-13-19(24)17(18(10)23)20(25)21-13/h2-5,10,13-16,22-23H,6-9H2,1H3,(H,21,25)/b18-17-/t10-,13+,14?,15+,16+/m0/s1. The molecule has 0 radical (unpaired) electrons. The second kappa shape index (κ2) is 6.98. The molecule has 0 aliphatic carbocycles. The molecule has 3 N–H and O–H groups in total. The van der Waals surface area contributed by atoms with Gasteiger partial charge in [0.25, 0.3) is 5.91 Å². The first-order chi connectivity index (χ1) is 12.9. The number of ether oxygens (including phenoxy) is 2. The van der Waals surface area contributed by atoms with Gasteiger partial charge in [0.15, 0.2) is 5.78 Å². The molecule has 5 atom stereocenters. The van der Waals surface area contributed by atoms with Crippen LogP contribution in [0.15, 0.2) is 35.6 Å². The molecule has 1 unspecified atom stereocenters. The molecule has 4 bridgehead atoms. The van der Waals surface area contributed by atoms with Crippen molar-refractivity contribution >= 4 is 11.7 Å². The number of epoxide rings is 1. The topological polar surface area (TPSA) is 108 Å². The smallest absolute Gasteiger partial charge is 0.259 e. The number of aliphatic hydroxyl groups is 2. The second-order valence-corrected chi connectivity index (χ2v) is 7.46. The lowest BCUT2D eigenvalue weighted by molar-refractivity contribution is -0.117. The van der Waals surface area contributed by atoms with Crippen molar-refractivity contribution in [2.24, 2.45) is 5.92 Å². The van der Waals surface area contributed by atoms with Crippen LogP contribution >= 0.6 is 0 Å². The number of carbonyl (C=O) groups excluding carboxylic acids is 2. The van der Waals surface area contributed by atoms with Crippen molar-refractivity contribution < 1.29 is 29.3 Å². The third-order valence-corrected chi connectivity index (χ3v) is 5.57. The number of hydrogen-bond acceptors (Lipinski definition) is 6. The highest BCUT2D eigenvalue weighted by molar-refractivity contribution is 6.27. The van der Waals surface area contributed by atoms with Crippen LogP contribution in [0.4, 0.5) is 0 Å². The second-order valence-electron chi connectivity index (χ2n) is 7.46. The van der Waals surface area contributed by atoms with Crippen LogP contribution in [0.25, 0.3) is 0 Å². The Labute approximate surface area is 157 Å². The fraction of sp³-hybridized carbons (Fsp3) is 0.500. The van der Waals surface area contributed by atoms with Crippen LogP contribution in [0.2, 0.25) is 0 Å². The van der Waals surface area contributed by atoms with Gasteiger partial charge < -0.3 is 25.0 Å². The summed E-state index contributed by atoms with van der Waals surface area (Å²) in [6.07, 6.45) is 0.473. The molecule has 5 rings (SSSR count). The maximum Gasteiger partial charge on any atom is 0.259 e. The molecule has 1 amide bonds. The molecule has 0 saturated carbocycles. The fourth-order valence-electron chi connectivity index (χ4n) is 3.68. The van der Waals surface area contributed by atoms with E-state index in [1.54, 1.807) is 6.92 Å². The minimum absolute atomic E-state index is 0.00168. The molecule has 7 nitrogen and oxygen atoms in total. The maximum atomic E-state index is 12.7. The van der Waals surface area contributed by atoms with E-state index in [0.29, 0.717) is 31.6 Å². The predicted octanol–water partition coefficient (Wildman–Crippen LogP) is 1.05. The van der Waals surface area contributed by atoms with Gasteiger partial charge >= 0.3 is 0 Å². The lowest BCUT2D eigenvalue weighted by Crippen LogP contribution is -2.31. The summed E-state index contributed by atoms with van der Waals surface area (Å²) < 4.78 is 11.3. The van der Waals surface area contributed by atoms with E-state index in [1.807, 2.05) is 24.3 Å². The van der Waals surface area contributed by atoms with Crippen LogP contribution in [0.3, 0.4) is 0 Å². The lowest BCUT2D eigenvalue weighted by Gasteiger charge is -2.18. The molecule has 144 valence electrons. The molecule has 0 aromatic heterocycles. The number of Topliss-reactive ketones (excluding diaryl/α,β-unsaturated/α-hetero) is 1. The maximum absolute atomic E-state index is 12.7. The first-order valence-electron chi connectivity index (χ1n) is 9.27. The van der Waals surface area contributed by atoms with E-state index in [0.717, 1.165) is 5.56 Å². The number of hydrogen-bond donors (Lipinski definition) is 3. The van der Waals surface area contributed by atoms with Crippen molar-refractivity contribution in [1.29, 1.82) is 0 Å². The van der Waals surface area contributed by atoms with E-state index in [9.17, 15) is 19.8 Å². The molecule has 4 aliphatic heterocycles.